The zero-order valence-corrected chi connectivity index (χ0v) is 23.2. The second-order valence-electron chi connectivity index (χ2n) is 11.0. The predicted molar refractivity (Wildman–Crippen MR) is 179 cm³/mol. The Morgan fingerprint density at radius 2 is 0.977 bits per heavy atom. The van der Waals surface area contributed by atoms with Crippen molar-refractivity contribution in [3.05, 3.63) is 152 Å². The van der Waals surface area contributed by atoms with Gasteiger partial charge in [0.05, 0.1) is 0 Å². The fourth-order valence-electron chi connectivity index (χ4n) is 6.43. The van der Waals surface area contributed by atoms with E-state index in [1.165, 1.54) is 16.3 Å². The fourth-order valence-corrected chi connectivity index (χ4v) is 6.43. The molecule has 0 atom stereocenters. The monoisotopic (exact) mass is 551 g/mol. The molecule has 9 aromatic rings. The summed E-state index contributed by atoms with van der Waals surface area (Å²) < 4.78 is 12.8. The van der Waals surface area contributed by atoms with Crippen molar-refractivity contribution < 1.29 is 8.83 Å². The van der Waals surface area contributed by atoms with Crippen LogP contribution in [0, 0.1) is 0 Å². The summed E-state index contributed by atoms with van der Waals surface area (Å²) in [5.74, 6) is 0. The zero-order chi connectivity index (χ0) is 28.3. The molecular formula is C40H25NO2. The Labute approximate surface area is 247 Å². The van der Waals surface area contributed by atoms with Crippen LogP contribution in [0.1, 0.15) is 0 Å². The van der Waals surface area contributed by atoms with E-state index in [1.54, 1.807) is 0 Å². The van der Waals surface area contributed by atoms with Gasteiger partial charge >= 0.3 is 0 Å². The third kappa shape index (κ3) is 3.83. The van der Waals surface area contributed by atoms with E-state index in [-0.39, 0.29) is 0 Å². The molecule has 0 aliphatic heterocycles. The van der Waals surface area contributed by atoms with Crippen LogP contribution >= 0.6 is 0 Å². The van der Waals surface area contributed by atoms with Gasteiger partial charge in [-0.1, -0.05) is 91.0 Å². The van der Waals surface area contributed by atoms with Gasteiger partial charge in [-0.25, -0.2) is 0 Å². The molecule has 0 unspecified atom stereocenters. The van der Waals surface area contributed by atoms with E-state index < -0.39 is 0 Å². The quantitative estimate of drug-likeness (QED) is 0.218. The van der Waals surface area contributed by atoms with Gasteiger partial charge in [-0.3, -0.25) is 0 Å². The lowest BCUT2D eigenvalue weighted by molar-refractivity contribution is 0.669. The molecule has 0 bridgehead atoms. The summed E-state index contributed by atoms with van der Waals surface area (Å²) in [6.45, 7) is 0. The molecule has 43 heavy (non-hydrogen) atoms. The first-order valence-electron chi connectivity index (χ1n) is 14.5. The molecule has 0 saturated heterocycles. The highest BCUT2D eigenvalue weighted by Crippen LogP contribution is 2.42. The predicted octanol–water partition coefficient (Wildman–Crippen LogP) is 11.8. The Bertz CT molecular complexity index is 2470. The van der Waals surface area contributed by atoms with Crippen molar-refractivity contribution in [2.75, 3.05) is 4.90 Å². The first-order valence-corrected chi connectivity index (χ1v) is 14.5. The number of fused-ring (bicyclic) bond motifs is 8. The first kappa shape index (κ1) is 23.9. The van der Waals surface area contributed by atoms with E-state index in [9.17, 15) is 0 Å². The number of para-hydroxylation sites is 1. The van der Waals surface area contributed by atoms with E-state index in [1.807, 2.05) is 18.2 Å². The van der Waals surface area contributed by atoms with Gasteiger partial charge in [0, 0.05) is 50.7 Å². The Balaban J connectivity index is 1.27. The number of anilines is 3. The molecule has 2 aromatic heterocycles. The minimum absolute atomic E-state index is 0.859. The molecule has 3 heteroatoms. The number of nitrogens with zero attached hydrogens (tertiary/aromatic N) is 1. The van der Waals surface area contributed by atoms with Crippen molar-refractivity contribution in [2.45, 2.75) is 0 Å². The molecule has 7 aromatic carbocycles. The maximum atomic E-state index is 6.48. The van der Waals surface area contributed by atoms with Gasteiger partial charge in [0.25, 0.3) is 0 Å². The summed E-state index contributed by atoms with van der Waals surface area (Å²) in [5, 5.41) is 6.91. The summed E-state index contributed by atoms with van der Waals surface area (Å²) in [5.41, 5.74) is 8.92. The van der Waals surface area contributed by atoms with Crippen molar-refractivity contribution in [1.82, 2.24) is 0 Å². The van der Waals surface area contributed by atoms with Crippen LogP contribution in [0.25, 0.3) is 65.8 Å². The van der Waals surface area contributed by atoms with Crippen LogP contribution < -0.4 is 4.90 Å². The van der Waals surface area contributed by atoms with Gasteiger partial charge in [0.1, 0.15) is 22.3 Å². The SMILES string of the molecule is c1ccc(-c2cccc(N(c3ccc4c(c3)oc3ccccc34)c3ccc4c(c3)oc3ccc5ccccc5c34)c2)cc1. The summed E-state index contributed by atoms with van der Waals surface area (Å²) in [6, 6.07) is 53.1. The first-order chi connectivity index (χ1) is 21.3. The van der Waals surface area contributed by atoms with Crippen molar-refractivity contribution in [3.8, 4) is 11.1 Å². The van der Waals surface area contributed by atoms with Crippen LogP contribution in [0.5, 0.6) is 0 Å². The normalized spacial score (nSPS) is 11.7. The molecule has 0 N–H and O–H groups in total. The molecule has 0 radical (unpaired) electrons. The highest BCUT2D eigenvalue weighted by atomic mass is 16.3. The van der Waals surface area contributed by atoms with Crippen LogP contribution in [0.2, 0.25) is 0 Å². The third-order valence-corrected chi connectivity index (χ3v) is 8.44. The highest BCUT2D eigenvalue weighted by molar-refractivity contribution is 6.19. The van der Waals surface area contributed by atoms with E-state index in [0.29, 0.717) is 0 Å². The molecule has 0 amide bonds. The average molecular weight is 552 g/mol. The summed E-state index contributed by atoms with van der Waals surface area (Å²) >= 11 is 0. The van der Waals surface area contributed by atoms with Crippen LogP contribution in [0.3, 0.4) is 0 Å². The Morgan fingerprint density at radius 3 is 1.84 bits per heavy atom. The third-order valence-electron chi connectivity index (χ3n) is 8.44. The number of furan rings is 2. The topological polar surface area (TPSA) is 29.5 Å². The molecule has 9 rings (SSSR count). The van der Waals surface area contributed by atoms with E-state index in [0.717, 1.165) is 66.5 Å². The molecule has 2 heterocycles. The van der Waals surface area contributed by atoms with E-state index in [4.69, 9.17) is 8.83 Å². The van der Waals surface area contributed by atoms with Crippen molar-refractivity contribution in [3.63, 3.8) is 0 Å². The highest BCUT2D eigenvalue weighted by Gasteiger charge is 2.18. The van der Waals surface area contributed by atoms with E-state index >= 15 is 0 Å². The van der Waals surface area contributed by atoms with Gasteiger partial charge in [0.15, 0.2) is 0 Å². The number of benzene rings is 7. The molecule has 0 fully saturated rings. The standard InChI is InChI=1S/C40H25NO2/c1-2-9-26(10-3-1)28-12-8-13-29(23-28)41(30-18-20-34-33-15-6-7-16-36(33)42-38(34)24-30)31-19-21-35-39(25-31)43-37-22-17-27-11-4-5-14-32(27)40(35)37/h1-25H. The second kappa shape index (κ2) is 9.37. The second-order valence-corrected chi connectivity index (χ2v) is 11.0. The number of rotatable bonds is 4. The van der Waals surface area contributed by atoms with Gasteiger partial charge in [-0.15, -0.1) is 0 Å². The van der Waals surface area contributed by atoms with Crippen molar-refractivity contribution in [1.29, 1.82) is 0 Å². The molecule has 0 aliphatic rings. The smallest absolute Gasteiger partial charge is 0.137 e. The van der Waals surface area contributed by atoms with Gasteiger partial charge < -0.3 is 13.7 Å². The van der Waals surface area contributed by atoms with Crippen LogP contribution in [-0.2, 0) is 0 Å². The van der Waals surface area contributed by atoms with Gasteiger partial charge in [-0.2, -0.15) is 0 Å². The lowest BCUT2D eigenvalue weighted by Crippen LogP contribution is -2.09. The number of hydrogen-bond acceptors (Lipinski definition) is 3. The Kier molecular flexibility index (Phi) is 5.20. The Hall–Kier alpha value is -5.80. The molecular weight excluding hydrogens is 526 g/mol. The average Bonchev–Trinajstić information content (AvgIpc) is 3.63. The minimum Gasteiger partial charge on any atom is -0.456 e. The lowest BCUT2D eigenvalue weighted by atomic mass is 10.0. The maximum absolute atomic E-state index is 6.48. The molecule has 3 nitrogen and oxygen atoms in total. The van der Waals surface area contributed by atoms with Gasteiger partial charge in [-0.05, 0) is 70.4 Å². The van der Waals surface area contributed by atoms with Crippen LogP contribution in [0.4, 0.5) is 17.1 Å². The fraction of sp³-hybridized carbons (Fsp3) is 0. The molecule has 0 saturated carbocycles. The summed E-state index contributed by atoms with van der Waals surface area (Å²) in [4.78, 5) is 2.28. The molecule has 0 aliphatic carbocycles. The largest absolute Gasteiger partial charge is 0.456 e. The van der Waals surface area contributed by atoms with Crippen LogP contribution in [-0.4, -0.2) is 0 Å². The minimum atomic E-state index is 0.859. The number of hydrogen-bond donors (Lipinski definition) is 0. The summed E-state index contributed by atoms with van der Waals surface area (Å²) in [6.07, 6.45) is 0. The van der Waals surface area contributed by atoms with Gasteiger partial charge in [0.2, 0.25) is 0 Å². The van der Waals surface area contributed by atoms with Crippen molar-refractivity contribution in [2.24, 2.45) is 0 Å². The zero-order valence-electron chi connectivity index (χ0n) is 23.2. The molecule has 0 spiro atoms. The molecule has 202 valence electrons. The maximum Gasteiger partial charge on any atom is 0.137 e. The van der Waals surface area contributed by atoms with Crippen molar-refractivity contribution >= 4 is 71.7 Å². The summed E-state index contributed by atoms with van der Waals surface area (Å²) in [7, 11) is 0. The Morgan fingerprint density at radius 1 is 0.349 bits per heavy atom. The van der Waals surface area contributed by atoms with Crippen LogP contribution in [0.15, 0.2) is 160 Å². The lowest BCUT2D eigenvalue weighted by Gasteiger charge is -2.26. The van der Waals surface area contributed by atoms with E-state index in [2.05, 4.69) is 138 Å².